The van der Waals surface area contributed by atoms with Crippen LogP contribution in [0.15, 0.2) is 78.9 Å². The van der Waals surface area contributed by atoms with Crippen molar-refractivity contribution < 1.29 is 29.5 Å². The molecule has 0 bridgehead atoms. The zero-order chi connectivity index (χ0) is 28.2. The van der Waals surface area contributed by atoms with Crippen LogP contribution in [-0.4, -0.2) is 34.0 Å². The molecular weight excluding hydrogens is 498 g/mol. The third-order valence-corrected chi connectivity index (χ3v) is 6.42. The van der Waals surface area contributed by atoms with Gasteiger partial charge in [-0.25, -0.2) is 10.3 Å². The zero-order valence-corrected chi connectivity index (χ0v) is 21.7. The van der Waals surface area contributed by atoms with Gasteiger partial charge in [0.15, 0.2) is 0 Å². The molecule has 1 unspecified atom stereocenters. The van der Waals surface area contributed by atoms with Gasteiger partial charge in [-0.15, -0.1) is 0 Å². The SMILES string of the molecule is CCC[C@H](CCC(=O)NO)C(=O)NC(C(=O)NCc1ccc(C(=O)O)cc1)c1ccc(-c2ccccc2)cc1. The summed E-state index contributed by atoms with van der Waals surface area (Å²) in [5.74, 6) is -2.93. The van der Waals surface area contributed by atoms with E-state index in [4.69, 9.17) is 10.3 Å². The van der Waals surface area contributed by atoms with Crippen molar-refractivity contribution in [2.45, 2.75) is 45.2 Å². The molecule has 0 aliphatic carbocycles. The fraction of sp³-hybridized carbons (Fsp3) is 0.267. The highest BCUT2D eigenvalue weighted by Crippen LogP contribution is 2.23. The average Bonchev–Trinajstić information content (AvgIpc) is 2.97. The van der Waals surface area contributed by atoms with Crippen molar-refractivity contribution in [2.75, 3.05) is 0 Å². The first-order valence-electron chi connectivity index (χ1n) is 12.8. The van der Waals surface area contributed by atoms with Crippen LogP contribution < -0.4 is 16.1 Å². The minimum Gasteiger partial charge on any atom is -0.478 e. The van der Waals surface area contributed by atoms with Gasteiger partial charge in [-0.2, -0.15) is 0 Å². The molecular formula is C30H33N3O6. The summed E-state index contributed by atoms with van der Waals surface area (Å²) < 4.78 is 0. The summed E-state index contributed by atoms with van der Waals surface area (Å²) >= 11 is 0. The number of hydroxylamine groups is 1. The molecule has 0 aliphatic heterocycles. The van der Waals surface area contributed by atoms with E-state index in [9.17, 15) is 19.2 Å². The van der Waals surface area contributed by atoms with Gasteiger partial charge in [-0.05, 0) is 47.2 Å². The van der Waals surface area contributed by atoms with Gasteiger partial charge in [0.25, 0.3) is 0 Å². The summed E-state index contributed by atoms with van der Waals surface area (Å²) in [5, 5.41) is 23.6. The van der Waals surface area contributed by atoms with Crippen LogP contribution in [0, 0.1) is 5.92 Å². The van der Waals surface area contributed by atoms with E-state index in [1.54, 1.807) is 29.7 Å². The number of hydrogen-bond acceptors (Lipinski definition) is 5. The predicted octanol–water partition coefficient (Wildman–Crippen LogP) is 4.23. The van der Waals surface area contributed by atoms with E-state index in [2.05, 4.69) is 10.6 Å². The normalized spacial score (nSPS) is 12.2. The fourth-order valence-corrected chi connectivity index (χ4v) is 4.23. The summed E-state index contributed by atoms with van der Waals surface area (Å²) in [6.45, 7) is 2.07. The van der Waals surface area contributed by atoms with Crippen LogP contribution in [0.4, 0.5) is 0 Å². The minimum absolute atomic E-state index is 0.0242. The number of rotatable bonds is 13. The van der Waals surface area contributed by atoms with Crippen LogP contribution in [0.25, 0.3) is 11.1 Å². The molecule has 9 nitrogen and oxygen atoms in total. The van der Waals surface area contributed by atoms with Gasteiger partial charge in [-0.3, -0.25) is 19.6 Å². The number of hydrogen-bond donors (Lipinski definition) is 5. The van der Waals surface area contributed by atoms with E-state index in [0.29, 0.717) is 24.0 Å². The largest absolute Gasteiger partial charge is 0.478 e. The lowest BCUT2D eigenvalue weighted by Crippen LogP contribution is -2.42. The lowest BCUT2D eigenvalue weighted by Gasteiger charge is -2.23. The van der Waals surface area contributed by atoms with Gasteiger partial charge < -0.3 is 15.7 Å². The number of carboxylic acids is 1. The summed E-state index contributed by atoms with van der Waals surface area (Å²) in [7, 11) is 0. The van der Waals surface area contributed by atoms with E-state index in [1.807, 2.05) is 49.4 Å². The Bertz CT molecular complexity index is 1260. The van der Waals surface area contributed by atoms with Crippen LogP contribution in [0.1, 0.15) is 60.1 Å². The average molecular weight is 532 g/mol. The lowest BCUT2D eigenvalue weighted by atomic mass is 9.95. The Morgan fingerprint density at radius 3 is 2.03 bits per heavy atom. The quantitative estimate of drug-likeness (QED) is 0.165. The number of nitrogens with one attached hydrogen (secondary N) is 3. The van der Waals surface area contributed by atoms with Crippen LogP contribution in [0.3, 0.4) is 0 Å². The Morgan fingerprint density at radius 1 is 0.795 bits per heavy atom. The predicted molar refractivity (Wildman–Crippen MR) is 146 cm³/mol. The molecule has 3 amide bonds. The monoisotopic (exact) mass is 531 g/mol. The smallest absolute Gasteiger partial charge is 0.335 e. The molecule has 0 saturated heterocycles. The molecule has 3 rings (SSSR count). The molecule has 0 aromatic heterocycles. The minimum atomic E-state index is -1.04. The number of aromatic carboxylic acids is 1. The molecule has 3 aromatic rings. The maximum absolute atomic E-state index is 13.4. The number of amides is 3. The maximum Gasteiger partial charge on any atom is 0.335 e. The number of benzene rings is 3. The first kappa shape index (κ1) is 29.1. The highest BCUT2D eigenvalue weighted by Gasteiger charge is 2.27. The molecule has 39 heavy (non-hydrogen) atoms. The van der Waals surface area contributed by atoms with E-state index in [0.717, 1.165) is 11.1 Å². The summed E-state index contributed by atoms with van der Waals surface area (Å²) in [5.41, 5.74) is 5.00. The highest BCUT2D eigenvalue weighted by atomic mass is 16.5. The van der Waals surface area contributed by atoms with Gasteiger partial charge in [0.2, 0.25) is 17.7 Å². The second-order valence-corrected chi connectivity index (χ2v) is 9.21. The van der Waals surface area contributed by atoms with Crippen molar-refractivity contribution in [2.24, 2.45) is 5.92 Å². The van der Waals surface area contributed by atoms with Gasteiger partial charge in [0, 0.05) is 18.9 Å². The first-order chi connectivity index (χ1) is 18.8. The number of carbonyl (C=O) groups excluding carboxylic acids is 3. The molecule has 204 valence electrons. The zero-order valence-electron chi connectivity index (χ0n) is 21.7. The maximum atomic E-state index is 13.4. The van der Waals surface area contributed by atoms with Crippen LogP contribution in [0.2, 0.25) is 0 Å². The molecule has 2 atom stereocenters. The van der Waals surface area contributed by atoms with Crippen LogP contribution >= 0.6 is 0 Å². The Morgan fingerprint density at radius 2 is 1.44 bits per heavy atom. The Kier molecular flexibility index (Phi) is 10.8. The Hall–Kier alpha value is -4.50. The first-order valence-corrected chi connectivity index (χ1v) is 12.8. The Labute approximate surface area is 227 Å². The van der Waals surface area contributed by atoms with E-state index in [-0.39, 0.29) is 30.9 Å². The van der Waals surface area contributed by atoms with Crippen molar-refractivity contribution in [3.8, 4) is 11.1 Å². The molecule has 9 heteroatoms. The fourth-order valence-electron chi connectivity index (χ4n) is 4.23. The highest BCUT2D eigenvalue weighted by molar-refractivity contribution is 5.90. The second kappa shape index (κ2) is 14.4. The van der Waals surface area contributed by atoms with Crippen molar-refractivity contribution in [3.05, 3.63) is 95.6 Å². The van der Waals surface area contributed by atoms with Crippen molar-refractivity contribution in [1.29, 1.82) is 0 Å². The van der Waals surface area contributed by atoms with Gasteiger partial charge >= 0.3 is 5.97 Å². The topological polar surface area (TPSA) is 145 Å². The molecule has 0 fully saturated rings. The molecule has 0 saturated carbocycles. The number of carboxylic acid groups (broad SMARTS) is 1. The third-order valence-electron chi connectivity index (χ3n) is 6.42. The van der Waals surface area contributed by atoms with Crippen LogP contribution in [0.5, 0.6) is 0 Å². The van der Waals surface area contributed by atoms with Gasteiger partial charge in [-0.1, -0.05) is 80.1 Å². The molecule has 0 aliphatic rings. The van der Waals surface area contributed by atoms with Crippen molar-refractivity contribution in [1.82, 2.24) is 16.1 Å². The van der Waals surface area contributed by atoms with Crippen molar-refractivity contribution >= 4 is 23.7 Å². The lowest BCUT2D eigenvalue weighted by molar-refractivity contribution is -0.133. The third kappa shape index (κ3) is 8.51. The summed E-state index contributed by atoms with van der Waals surface area (Å²) in [4.78, 5) is 49.2. The molecule has 0 spiro atoms. The molecule has 3 aromatic carbocycles. The molecule has 0 heterocycles. The number of carbonyl (C=O) groups is 4. The van der Waals surface area contributed by atoms with E-state index in [1.165, 1.54) is 12.1 Å². The van der Waals surface area contributed by atoms with E-state index < -0.39 is 29.7 Å². The molecule has 5 N–H and O–H groups in total. The molecule has 0 radical (unpaired) electrons. The summed E-state index contributed by atoms with van der Waals surface area (Å²) in [6.07, 6.45) is 1.42. The standard InChI is InChI=1S/C30H33N3O6/c1-2-6-24(17-18-26(34)33-39)28(35)32-27(23-15-13-22(14-16-23)21-7-4-3-5-8-21)29(36)31-19-20-9-11-25(12-10-20)30(37)38/h3-5,7-16,24,27,39H,2,6,17-19H2,1H3,(H,31,36)(H,32,35)(H,33,34)(H,37,38)/t24-,27?/m1/s1. The van der Waals surface area contributed by atoms with Crippen molar-refractivity contribution in [3.63, 3.8) is 0 Å². The van der Waals surface area contributed by atoms with Gasteiger partial charge in [0.05, 0.1) is 5.56 Å². The second-order valence-electron chi connectivity index (χ2n) is 9.21. The van der Waals surface area contributed by atoms with Gasteiger partial charge in [0.1, 0.15) is 6.04 Å². The van der Waals surface area contributed by atoms with Crippen LogP contribution in [-0.2, 0) is 20.9 Å². The summed E-state index contributed by atoms with van der Waals surface area (Å²) in [6, 6.07) is 22.3. The Balaban J connectivity index is 1.80. The van der Waals surface area contributed by atoms with E-state index >= 15 is 0 Å².